The summed E-state index contributed by atoms with van der Waals surface area (Å²) in [6, 6.07) is 3.77. The van der Waals surface area contributed by atoms with E-state index in [1.54, 1.807) is 18.0 Å². The number of hydrogen-bond acceptors (Lipinski definition) is 4. The molecule has 80 valence electrons. The lowest BCUT2D eigenvalue weighted by molar-refractivity contribution is 0.530. The van der Waals surface area contributed by atoms with Crippen LogP contribution in [0.2, 0.25) is 0 Å². The van der Waals surface area contributed by atoms with Crippen LogP contribution in [0.5, 0.6) is 0 Å². The van der Waals surface area contributed by atoms with Gasteiger partial charge in [0.05, 0.1) is 17.8 Å². The number of rotatable bonds is 6. The fraction of sp³-hybridized carbons (Fsp3) is 0.556. The highest BCUT2D eigenvalue weighted by Crippen LogP contribution is 2.13. The monoisotopic (exact) mass is 234 g/mol. The first-order valence-corrected chi connectivity index (χ1v) is 7.57. The van der Waals surface area contributed by atoms with Gasteiger partial charge in [0, 0.05) is 6.26 Å². The molecule has 1 aromatic rings. The Kier molecular flexibility index (Phi) is 4.54. The van der Waals surface area contributed by atoms with Crippen molar-refractivity contribution < 1.29 is 12.8 Å². The van der Waals surface area contributed by atoms with Crippen LogP contribution in [0.3, 0.4) is 0 Å². The number of hydrogen-bond donors (Lipinski definition) is 0. The largest absolute Gasteiger partial charge is 0.468 e. The number of furan rings is 1. The minimum absolute atomic E-state index is 0.276. The fourth-order valence-corrected chi connectivity index (χ4v) is 2.70. The summed E-state index contributed by atoms with van der Waals surface area (Å²) in [5.74, 6) is 2.89. The lowest BCUT2D eigenvalue weighted by Gasteiger charge is -1.98. The molecule has 0 bridgehead atoms. The summed E-state index contributed by atoms with van der Waals surface area (Å²) in [5.41, 5.74) is 0. The van der Waals surface area contributed by atoms with Gasteiger partial charge in [-0.15, -0.1) is 0 Å². The summed E-state index contributed by atoms with van der Waals surface area (Å²) >= 11 is 1.69. The van der Waals surface area contributed by atoms with E-state index < -0.39 is 9.84 Å². The molecule has 0 aromatic carbocycles. The van der Waals surface area contributed by atoms with Crippen molar-refractivity contribution in [2.24, 2.45) is 0 Å². The normalized spacial score (nSPS) is 11.8. The number of thioether (sulfide) groups is 1. The van der Waals surface area contributed by atoms with Gasteiger partial charge in [-0.3, -0.25) is 0 Å². The van der Waals surface area contributed by atoms with Crippen LogP contribution in [0.15, 0.2) is 22.8 Å². The second kappa shape index (κ2) is 5.46. The Bertz CT molecular complexity index is 340. The van der Waals surface area contributed by atoms with Gasteiger partial charge in [-0.1, -0.05) is 0 Å². The highest BCUT2D eigenvalue weighted by atomic mass is 32.2. The van der Waals surface area contributed by atoms with Crippen molar-refractivity contribution in [2.45, 2.75) is 12.2 Å². The maximum absolute atomic E-state index is 10.8. The van der Waals surface area contributed by atoms with Crippen molar-refractivity contribution >= 4 is 21.6 Å². The summed E-state index contributed by atoms with van der Waals surface area (Å²) in [6.07, 6.45) is 3.63. The molecular weight excluding hydrogens is 220 g/mol. The van der Waals surface area contributed by atoms with Crippen molar-refractivity contribution in [3.8, 4) is 0 Å². The number of sulfone groups is 1. The van der Waals surface area contributed by atoms with Gasteiger partial charge in [0.25, 0.3) is 0 Å². The lowest BCUT2D eigenvalue weighted by Crippen LogP contribution is -2.03. The van der Waals surface area contributed by atoms with E-state index in [0.29, 0.717) is 6.42 Å². The van der Waals surface area contributed by atoms with Crippen LogP contribution in [0.1, 0.15) is 12.2 Å². The molecule has 0 N–H and O–H groups in total. The van der Waals surface area contributed by atoms with E-state index in [9.17, 15) is 8.42 Å². The molecule has 0 atom stereocenters. The van der Waals surface area contributed by atoms with Crippen LogP contribution >= 0.6 is 11.8 Å². The Balaban J connectivity index is 2.06. The van der Waals surface area contributed by atoms with Gasteiger partial charge in [-0.25, -0.2) is 8.42 Å². The molecule has 1 aromatic heterocycles. The standard InChI is InChI=1S/C9H14O3S2/c1-14(10,11)7-3-6-13-8-9-4-2-5-12-9/h2,4-5H,3,6-8H2,1H3. The first kappa shape index (κ1) is 11.7. The van der Waals surface area contributed by atoms with Crippen molar-refractivity contribution in [3.05, 3.63) is 24.2 Å². The highest BCUT2D eigenvalue weighted by molar-refractivity contribution is 7.98. The van der Waals surface area contributed by atoms with Crippen LogP contribution in [0.25, 0.3) is 0 Å². The predicted octanol–water partition coefficient (Wildman–Crippen LogP) is 1.95. The molecule has 5 heteroatoms. The maximum atomic E-state index is 10.8. The average molecular weight is 234 g/mol. The molecule has 3 nitrogen and oxygen atoms in total. The lowest BCUT2D eigenvalue weighted by atomic mass is 10.5. The minimum Gasteiger partial charge on any atom is -0.468 e. The van der Waals surface area contributed by atoms with Crippen LogP contribution in [0.4, 0.5) is 0 Å². The molecule has 0 saturated heterocycles. The molecule has 0 unspecified atom stereocenters. The second-order valence-corrected chi connectivity index (χ2v) is 6.48. The first-order chi connectivity index (χ1) is 6.58. The van der Waals surface area contributed by atoms with E-state index in [1.807, 2.05) is 12.1 Å². The first-order valence-electron chi connectivity index (χ1n) is 4.36. The Morgan fingerprint density at radius 1 is 1.50 bits per heavy atom. The SMILES string of the molecule is CS(=O)(=O)CCCSCc1ccco1. The van der Waals surface area contributed by atoms with Crippen LogP contribution < -0.4 is 0 Å². The quantitative estimate of drug-likeness (QED) is 0.706. The third-order valence-electron chi connectivity index (χ3n) is 1.63. The van der Waals surface area contributed by atoms with Crippen molar-refractivity contribution in [2.75, 3.05) is 17.8 Å². The Hall–Kier alpha value is -0.420. The average Bonchev–Trinajstić information content (AvgIpc) is 2.54. The molecule has 0 aliphatic heterocycles. The maximum Gasteiger partial charge on any atom is 0.147 e. The van der Waals surface area contributed by atoms with Gasteiger partial charge in [0.15, 0.2) is 0 Å². The summed E-state index contributed by atoms with van der Waals surface area (Å²) in [5, 5.41) is 0. The van der Waals surface area contributed by atoms with Crippen molar-refractivity contribution in [1.82, 2.24) is 0 Å². The molecule has 0 aliphatic carbocycles. The smallest absolute Gasteiger partial charge is 0.147 e. The van der Waals surface area contributed by atoms with E-state index in [1.165, 1.54) is 6.26 Å². The molecule has 14 heavy (non-hydrogen) atoms. The topological polar surface area (TPSA) is 47.3 Å². The van der Waals surface area contributed by atoms with Gasteiger partial charge in [0.1, 0.15) is 15.6 Å². The fourth-order valence-electron chi connectivity index (χ4n) is 0.991. The zero-order valence-electron chi connectivity index (χ0n) is 8.10. The zero-order chi connectivity index (χ0) is 10.4. The molecule has 0 fully saturated rings. The van der Waals surface area contributed by atoms with Gasteiger partial charge in [0.2, 0.25) is 0 Å². The summed E-state index contributed by atoms with van der Waals surface area (Å²) < 4.78 is 26.7. The molecule has 0 aliphatic rings. The third kappa shape index (κ3) is 5.34. The molecular formula is C9H14O3S2. The van der Waals surface area contributed by atoms with Crippen molar-refractivity contribution in [1.29, 1.82) is 0 Å². The van der Waals surface area contributed by atoms with Crippen LogP contribution in [-0.4, -0.2) is 26.2 Å². The molecule has 1 heterocycles. The summed E-state index contributed by atoms with van der Waals surface area (Å²) in [4.78, 5) is 0. The van der Waals surface area contributed by atoms with Gasteiger partial charge in [-0.05, 0) is 24.3 Å². The van der Waals surface area contributed by atoms with E-state index in [-0.39, 0.29) is 5.75 Å². The molecule has 0 spiro atoms. The van der Waals surface area contributed by atoms with Gasteiger partial charge < -0.3 is 4.42 Å². The van der Waals surface area contributed by atoms with Gasteiger partial charge >= 0.3 is 0 Å². The molecule has 0 amide bonds. The van der Waals surface area contributed by atoms with Gasteiger partial charge in [-0.2, -0.15) is 11.8 Å². The highest BCUT2D eigenvalue weighted by Gasteiger charge is 2.01. The van der Waals surface area contributed by atoms with Crippen LogP contribution in [0, 0.1) is 0 Å². The predicted molar refractivity (Wildman–Crippen MR) is 59.2 cm³/mol. The third-order valence-corrected chi connectivity index (χ3v) is 3.72. The van der Waals surface area contributed by atoms with E-state index in [2.05, 4.69) is 0 Å². The van der Waals surface area contributed by atoms with E-state index in [4.69, 9.17) is 4.42 Å². The Morgan fingerprint density at radius 2 is 2.29 bits per heavy atom. The zero-order valence-corrected chi connectivity index (χ0v) is 9.73. The van der Waals surface area contributed by atoms with E-state index in [0.717, 1.165) is 17.3 Å². The molecule has 1 rings (SSSR count). The Labute approximate surface area is 88.8 Å². The molecule has 0 saturated carbocycles. The second-order valence-electron chi connectivity index (χ2n) is 3.12. The summed E-state index contributed by atoms with van der Waals surface area (Å²) in [6.45, 7) is 0. The molecule has 0 radical (unpaired) electrons. The van der Waals surface area contributed by atoms with Crippen LogP contribution in [-0.2, 0) is 15.6 Å². The van der Waals surface area contributed by atoms with E-state index >= 15 is 0 Å². The van der Waals surface area contributed by atoms with Crippen molar-refractivity contribution in [3.63, 3.8) is 0 Å². The Morgan fingerprint density at radius 3 is 2.86 bits per heavy atom. The minimum atomic E-state index is -2.80. The summed E-state index contributed by atoms with van der Waals surface area (Å²) in [7, 11) is -2.80.